The average Bonchev–Trinajstić information content (AvgIpc) is 2.26. The lowest BCUT2D eigenvalue weighted by Gasteiger charge is -2.29. The maximum absolute atomic E-state index is 12.2. The minimum Gasteiger partial charge on any atom is -0.342 e. The van der Waals surface area contributed by atoms with Crippen molar-refractivity contribution in [3.8, 4) is 0 Å². The van der Waals surface area contributed by atoms with Crippen LogP contribution in [-0.2, 0) is 0 Å². The molecule has 92 valence electrons. The van der Waals surface area contributed by atoms with Crippen LogP contribution in [0.25, 0.3) is 0 Å². The predicted octanol–water partition coefficient (Wildman–Crippen LogP) is 1.82. The lowest BCUT2D eigenvalue weighted by molar-refractivity contribution is 0.0785. The highest BCUT2D eigenvalue weighted by Crippen LogP contribution is 2.12. The maximum Gasteiger partial charge on any atom is 0.253 e. The molecule has 1 aromatic carbocycles. The quantitative estimate of drug-likeness (QED) is 0.859. The largest absolute Gasteiger partial charge is 0.342 e. The third-order valence-electron chi connectivity index (χ3n) is 3.46. The first-order chi connectivity index (χ1) is 8.18. The van der Waals surface area contributed by atoms with Gasteiger partial charge >= 0.3 is 0 Å². The summed E-state index contributed by atoms with van der Waals surface area (Å²) in [7, 11) is 1.88. The summed E-state index contributed by atoms with van der Waals surface area (Å²) < 4.78 is 0. The highest BCUT2D eigenvalue weighted by Gasteiger charge is 2.19. The lowest BCUT2D eigenvalue weighted by atomic mass is 10.0. The van der Waals surface area contributed by atoms with Crippen molar-refractivity contribution in [3.63, 3.8) is 0 Å². The van der Waals surface area contributed by atoms with Crippen LogP contribution in [0.2, 0.25) is 0 Å². The number of hydrogen-bond donors (Lipinski definition) is 1. The van der Waals surface area contributed by atoms with E-state index < -0.39 is 0 Å². The van der Waals surface area contributed by atoms with Gasteiger partial charge in [-0.1, -0.05) is 18.2 Å². The molecule has 17 heavy (non-hydrogen) atoms. The SMILES string of the molecule is Cc1ccccc1C(=O)N(C)CCC1CCN1. The molecule has 1 amide bonds. The number of carbonyl (C=O) groups is 1. The summed E-state index contributed by atoms with van der Waals surface area (Å²) in [6, 6.07) is 8.37. The van der Waals surface area contributed by atoms with Crippen molar-refractivity contribution < 1.29 is 4.79 Å². The van der Waals surface area contributed by atoms with Crippen LogP contribution >= 0.6 is 0 Å². The predicted molar refractivity (Wildman–Crippen MR) is 69.2 cm³/mol. The van der Waals surface area contributed by atoms with Gasteiger partial charge in [-0.05, 0) is 37.9 Å². The fourth-order valence-corrected chi connectivity index (χ4v) is 2.06. The fourth-order valence-electron chi connectivity index (χ4n) is 2.06. The van der Waals surface area contributed by atoms with Crippen LogP contribution in [-0.4, -0.2) is 37.0 Å². The van der Waals surface area contributed by atoms with Gasteiger partial charge in [0.2, 0.25) is 0 Å². The van der Waals surface area contributed by atoms with Crippen molar-refractivity contribution in [1.82, 2.24) is 10.2 Å². The second kappa shape index (κ2) is 5.32. The normalized spacial score (nSPS) is 18.6. The highest BCUT2D eigenvalue weighted by molar-refractivity contribution is 5.95. The summed E-state index contributed by atoms with van der Waals surface area (Å²) in [5.74, 6) is 0.127. The van der Waals surface area contributed by atoms with Gasteiger partial charge < -0.3 is 10.2 Å². The highest BCUT2D eigenvalue weighted by atomic mass is 16.2. The molecule has 0 aromatic heterocycles. The molecule has 1 atom stereocenters. The number of rotatable bonds is 4. The average molecular weight is 232 g/mol. The van der Waals surface area contributed by atoms with E-state index in [1.165, 1.54) is 6.42 Å². The second-order valence-corrected chi connectivity index (χ2v) is 4.77. The van der Waals surface area contributed by atoms with E-state index in [-0.39, 0.29) is 5.91 Å². The monoisotopic (exact) mass is 232 g/mol. The van der Waals surface area contributed by atoms with Crippen molar-refractivity contribution in [2.24, 2.45) is 0 Å². The molecule has 1 N–H and O–H groups in total. The van der Waals surface area contributed by atoms with Crippen molar-refractivity contribution in [1.29, 1.82) is 0 Å². The first kappa shape index (κ1) is 12.1. The first-order valence-corrected chi connectivity index (χ1v) is 6.23. The molecular weight excluding hydrogens is 212 g/mol. The molecule has 1 aromatic rings. The molecule has 0 radical (unpaired) electrons. The van der Waals surface area contributed by atoms with Gasteiger partial charge in [0.25, 0.3) is 5.91 Å². The zero-order valence-electron chi connectivity index (χ0n) is 10.6. The summed E-state index contributed by atoms with van der Waals surface area (Å²) in [4.78, 5) is 14.0. The van der Waals surface area contributed by atoms with Gasteiger partial charge in [0.15, 0.2) is 0 Å². The van der Waals surface area contributed by atoms with E-state index in [0.29, 0.717) is 6.04 Å². The van der Waals surface area contributed by atoms with Gasteiger partial charge in [0.1, 0.15) is 0 Å². The Bertz CT molecular complexity index is 399. The van der Waals surface area contributed by atoms with Crippen LogP contribution < -0.4 is 5.32 Å². The summed E-state index contributed by atoms with van der Waals surface area (Å²) in [5, 5.41) is 3.35. The third kappa shape index (κ3) is 2.86. The Labute approximate surface area is 103 Å². The van der Waals surface area contributed by atoms with E-state index in [0.717, 1.165) is 30.6 Å². The van der Waals surface area contributed by atoms with Crippen molar-refractivity contribution in [2.75, 3.05) is 20.1 Å². The summed E-state index contributed by atoms with van der Waals surface area (Å²) in [6.07, 6.45) is 2.29. The van der Waals surface area contributed by atoms with Crippen molar-refractivity contribution >= 4 is 5.91 Å². The smallest absolute Gasteiger partial charge is 0.253 e. The molecule has 3 nitrogen and oxygen atoms in total. The van der Waals surface area contributed by atoms with E-state index in [1.807, 2.05) is 43.1 Å². The number of amides is 1. The van der Waals surface area contributed by atoms with E-state index in [2.05, 4.69) is 5.32 Å². The van der Waals surface area contributed by atoms with Crippen molar-refractivity contribution in [3.05, 3.63) is 35.4 Å². The number of aryl methyl sites for hydroxylation is 1. The Kier molecular flexibility index (Phi) is 3.79. The Morgan fingerprint density at radius 3 is 2.76 bits per heavy atom. The van der Waals surface area contributed by atoms with Crippen LogP contribution in [0.1, 0.15) is 28.8 Å². The molecule has 1 aliphatic heterocycles. The number of hydrogen-bond acceptors (Lipinski definition) is 2. The van der Waals surface area contributed by atoms with E-state index in [9.17, 15) is 4.79 Å². The van der Waals surface area contributed by atoms with Gasteiger partial charge in [-0.3, -0.25) is 4.79 Å². The van der Waals surface area contributed by atoms with Gasteiger partial charge in [-0.2, -0.15) is 0 Å². The lowest BCUT2D eigenvalue weighted by Crippen LogP contribution is -2.45. The molecule has 3 heteroatoms. The number of nitrogens with one attached hydrogen (secondary N) is 1. The number of nitrogens with zero attached hydrogens (tertiary/aromatic N) is 1. The summed E-state index contributed by atoms with van der Waals surface area (Å²) >= 11 is 0. The molecule has 2 rings (SSSR count). The molecule has 1 unspecified atom stereocenters. The van der Waals surface area contributed by atoms with Crippen LogP contribution in [0, 0.1) is 6.92 Å². The van der Waals surface area contributed by atoms with Crippen molar-refractivity contribution in [2.45, 2.75) is 25.8 Å². The number of carbonyl (C=O) groups excluding carboxylic acids is 1. The molecule has 0 aliphatic carbocycles. The zero-order chi connectivity index (χ0) is 12.3. The Hall–Kier alpha value is -1.35. The van der Waals surface area contributed by atoms with Gasteiger partial charge in [0, 0.05) is 25.2 Å². The Balaban J connectivity index is 1.92. The molecule has 0 saturated carbocycles. The molecule has 1 aliphatic rings. The molecule has 1 saturated heterocycles. The minimum atomic E-state index is 0.127. The minimum absolute atomic E-state index is 0.127. The van der Waals surface area contributed by atoms with Gasteiger partial charge in [-0.15, -0.1) is 0 Å². The molecule has 0 spiro atoms. The molecule has 1 heterocycles. The Morgan fingerprint density at radius 2 is 2.18 bits per heavy atom. The molecule has 1 fully saturated rings. The number of benzene rings is 1. The molecule has 0 bridgehead atoms. The first-order valence-electron chi connectivity index (χ1n) is 6.23. The standard InChI is InChI=1S/C14H20N2O/c1-11-5-3-4-6-13(11)14(17)16(2)10-8-12-7-9-15-12/h3-6,12,15H,7-10H2,1-2H3. The van der Waals surface area contributed by atoms with Crippen LogP contribution in [0.5, 0.6) is 0 Å². The third-order valence-corrected chi connectivity index (χ3v) is 3.46. The topological polar surface area (TPSA) is 32.3 Å². The van der Waals surface area contributed by atoms with Gasteiger partial charge in [0.05, 0.1) is 0 Å². The van der Waals surface area contributed by atoms with E-state index in [1.54, 1.807) is 0 Å². The van der Waals surface area contributed by atoms with Crippen LogP contribution in [0.3, 0.4) is 0 Å². The second-order valence-electron chi connectivity index (χ2n) is 4.77. The van der Waals surface area contributed by atoms with E-state index in [4.69, 9.17) is 0 Å². The Morgan fingerprint density at radius 1 is 1.47 bits per heavy atom. The van der Waals surface area contributed by atoms with Crippen LogP contribution in [0.15, 0.2) is 24.3 Å². The zero-order valence-corrected chi connectivity index (χ0v) is 10.6. The fraction of sp³-hybridized carbons (Fsp3) is 0.500. The summed E-state index contributed by atoms with van der Waals surface area (Å²) in [6.45, 7) is 3.93. The van der Waals surface area contributed by atoms with Crippen LogP contribution in [0.4, 0.5) is 0 Å². The summed E-state index contributed by atoms with van der Waals surface area (Å²) in [5.41, 5.74) is 1.86. The maximum atomic E-state index is 12.2. The van der Waals surface area contributed by atoms with Gasteiger partial charge in [-0.25, -0.2) is 0 Å². The molecular formula is C14H20N2O. The van der Waals surface area contributed by atoms with E-state index >= 15 is 0 Å².